The Morgan fingerprint density at radius 2 is 1.92 bits per heavy atom. The first kappa shape index (κ1) is 11.1. The van der Waals surface area contributed by atoms with Crippen LogP contribution < -0.4 is 4.43 Å². The molecule has 0 aliphatic heterocycles. The van der Waals surface area contributed by atoms with E-state index in [2.05, 4.69) is 45.0 Å². The van der Waals surface area contributed by atoms with Gasteiger partial charge in [-0.25, -0.2) is 0 Å². The van der Waals surface area contributed by atoms with E-state index in [0.29, 0.717) is 5.92 Å². The van der Waals surface area contributed by atoms with Gasteiger partial charge in [-0.1, -0.05) is 59.3 Å². The second kappa shape index (κ2) is 5.06. The van der Waals surface area contributed by atoms with Crippen LogP contribution in [0.2, 0.25) is 5.28 Å². The lowest BCUT2D eigenvalue weighted by Crippen LogP contribution is -2.27. The largest absolute Gasteiger partial charge is 0.437 e. The summed E-state index contributed by atoms with van der Waals surface area (Å²) < 4.78 is 1.41. The summed E-state index contributed by atoms with van der Waals surface area (Å²) in [7, 11) is 6.45. The van der Waals surface area contributed by atoms with Crippen LogP contribution in [0.15, 0.2) is 24.3 Å². The van der Waals surface area contributed by atoms with Crippen molar-refractivity contribution in [3.8, 4) is 0 Å². The standard InChI is InChI=1S/C7H7.C4H9.Al.ClH/c1-7-5-3-2-4-6-7;1-4(2)3;;/h2-5H,1H3;4H,1H2,2-3H3;;1H/q;;+1;/p-1. The van der Waals surface area contributed by atoms with Crippen molar-refractivity contribution >= 4 is 27.7 Å². The maximum atomic E-state index is 6.45. The third-order valence-corrected chi connectivity index (χ3v) is 6.12. The van der Waals surface area contributed by atoms with Gasteiger partial charge in [0.2, 0.25) is 0 Å². The number of benzene rings is 1. The number of halogens is 1. The summed E-state index contributed by atoms with van der Waals surface area (Å²) in [6.45, 7) is 6.62. The lowest BCUT2D eigenvalue weighted by molar-refractivity contribution is 0.731. The summed E-state index contributed by atoms with van der Waals surface area (Å²) in [5, 5.41) is 1.19. The summed E-state index contributed by atoms with van der Waals surface area (Å²) in [6, 6.07) is 8.50. The zero-order valence-electron chi connectivity index (χ0n) is 8.55. The first-order valence-corrected chi connectivity index (χ1v) is 7.95. The molecule has 0 atom stereocenters. The van der Waals surface area contributed by atoms with Gasteiger partial charge in [-0.05, 0) is 6.92 Å². The maximum Gasteiger partial charge on any atom is 0.437 e. The van der Waals surface area contributed by atoms with Crippen LogP contribution in [0.3, 0.4) is 0 Å². The molecule has 0 amide bonds. The van der Waals surface area contributed by atoms with Crippen LogP contribution in [-0.2, 0) is 0 Å². The van der Waals surface area contributed by atoms with Crippen molar-refractivity contribution in [1.29, 1.82) is 0 Å². The average molecular weight is 211 g/mol. The molecule has 2 heteroatoms. The van der Waals surface area contributed by atoms with E-state index in [0.717, 1.165) is 0 Å². The van der Waals surface area contributed by atoms with E-state index >= 15 is 0 Å². The van der Waals surface area contributed by atoms with Crippen LogP contribution in [0.25, 0.3) is 0 Å². The fraction of sp³-hybridized carbons (Fsp3) is 0.455. The minimum atomic E-state index is -1.19. The number of aryl methyl sites for hydroxylation is 1. The van der Waals surface area contributed by atoms with Crippen LogP contribution >= 0.6 is 10.0 Å². The molecule has 0 unspecified atom stereocenters. The lowest BCUT2D eigenvalue weighted by atomic mass is 10.2. The van der Waals surface area contributed by atoms with E-state index in [4.69, 9.17) is 10.0 Å². The third-order valence-electron chi connectivity index (χ3n) is 2.20. The molecule has 0 saturated carbocycles. The Labute approximate surface area is 89.5 Å². The van der Waals surface area contributed by atoms with Crippen molar-refractivity contribution in [3.63, 3.8) is 0 Å². The van der Waals surface area contributed by atoms with Gasteiger partial charge in [0.25, 0.3) is 0 Å². The van der Waals surface area contributed by atoms with Gasteiger partial charge in [0.15, 0.2) is 0 Å². The molecule has 0 N–H and O–H groups in total. The van der Waals surface area contributed by atoms with E-state index in [-0.39, 0.29) is 0 Å². The Balaban J connectivity index is 2.76. The van der Waals surface area contributed by atoms with Crippen molar-refractivity contribution in [2.24, 2.45) is 5.92 Å². The number of hydrogen-bond donors (Lipinski definition) is 0. The molecule has 0 radical (unpaired) electrons. The normalized spacial score (nSPS) is 10.5. The third kappa shape index (κ3) is 3.35. The fourth-order valence-electron chi connectivity index (χ4n) is 1.48. The molecule has 0 nitrogen and oxygen atoms in total. The van der Waals surface area contributed by atoms with E-state index in [1.807, 2.05) is 0 Å². The van der Waals surface area contributed by atoms with Crippen molar-refractivity contribution in [1.82, 2.24) is 0 Å². The Hall–Kier alpha value is 0.0425. The summed E-state index contributed by atoms with van der Waals surface area (Å²) in [5.41, 5.74) is 1.36. The highest BCUT2D eigenvalue weighted by molar-refractivity contribution is 7.14. The highest BCUT2D eigenvalue weighted by Crippen LogP contribution is 2.10. The quantitative estimate of drug-likeness (QED) is 0.673. The van der Waals surface area contributed by atoms with Crippen LogP contribution in [-0.4, -0.2) is 13.2 Å². The minimum absolute atomic E-state index is 0.716. The van der Waals surface area contributed by atoms with Gasteiger partial charge in [0.05, 0.1) is 0 Å². The van der Waals surface area contributed by atoms with Gasteiger partial charge < -0.3 is 0 Å². The molecule has 0 saturated heterocycles. The highest BCUT2D eigenvalue weighted by Gasteiger charge is 2.20. The predicted octanol–water partition coefficient (Wildman–Crippen LogP) is 3.09. The van der Waals surface area contributed by atoms with E-state index < -0.39 is 13.2 Å². The first-order valence-electron chi connectivity index (χ1n) is 4.81. The monoisotopic (exact) mass is 210 g/mol. The molecule has 1 aromatic rings. The Morgan fingerprint density at radius 3 is 2.46 bits per heavy atom. The van der Waals surface area contributed by atoms with Crippen LogP contribution in [0.5, 0.6) is 0 Å². The molecule has 0 aliphatic rings. The summed E-state index contributed by atoms with van der Waals surface area (Å²) >= 11 is -1.19. The SMILES string of the molecule is Cc1cccc[c]1[Al]([Cl])[CH2]C(C)C. The highest BCUT2D eigenvalue weighted by atomic mass is 35.6. The van der Waals surface area contributed by atoms with Crippen LogP contribution in [0.4, 0.5) is 0 Å². The fourth-order valence-corrected chi connectivity index (χ4v) is 5.27. The van der Waals surface area contributed by atoms with E-state index in [1.54, 1.807) is 0 Å². The van der Waals surface area contributed by atoms with Gasteiger partial charge in [-0.3, -0.25) is 10.0 Å². The molecule has 1 rings (SSSR count). The summed E-state index contributed by atoms with van der Waals surface area (Å²) in [6.07, 6.45) is 0. The average Bonchev–Trinajstić information content (AvgIpc) is 2.03. The smallest absolute Gasteiger partial charge is 0.253 e. The van der Waals surface area contributed by atoms with Gasteiger partial charge in [-0.15, -0.1) is 0 Å². The summed E-state index contributed by atoms with van der Waals surface area (Å²) in [4.78, 5) is 0. The molecule has 1 aromatic carbocycles. The van der Waals surface area contributed by atoms with Gasteiger partial charge in [0.1, 0.15) is 0 Å². The Kier molecular flexibility index (Phi) is 4.32. The first-order chi connectivity index (χ1) is 6.11. The Bertz CT molecular complexity index is 271. The second-order valence-electron chi connectivity index (χ2n) is 3.95. The molecule has 0 spiro atoms. The van der Waals surface area contributed by atoms with Crippen molar-refractivity contribution in [3.05, 3.63) is 29.8 Å². The zero-order valence-corrected chi connectivity index (χ0v) is 10.5. The van der Waals surface area contributed by atoms with E-state index in [1.165, 1.54) is 15.3 Å². The zero-order chi connectivity index (χ0) is 9.84. The van der Waals surface area contributed by atoms with Crippen LogP contribution in [0, 0.1) is 12.8 Å². The van der Waals surface area contributed by atoms with Crippen molar-refractivity contribution in [2.75, 3.05) is 0 Å². The molecule has 13 heavy (non-hydrogen) atoms. The van der Waals surface area contributed by atoms with Gasteiger partial charge in [-0.2, -0.15) is 0 Å². The van der Waals surface area contributed by atoms with Crippen molar-refractivity contribution in [2.45, 2.75) is 26.1 Å². The Morgan fingerprint density at radius 1 is 1.31 bits per heavy atom. The molecule has 0 aromatic heterocycles. The van der Waals surface area contributed by atoms with Crippen LogP contribution in [0.1, 0.15) is 19.4 Å². The molecule has 0 heterocycles. The molecular formula is C11H16AlCl. The molecule has 0 bridgehead atoms. The molecular weight excluding hydrogens is 195 g/mol. The second-order valence-corrected chi connectivity index (χ2v) is 7.56. The topological polar surface area (TPSA) is 0 Å². The van der Waals surface area contributed by atoms with Gasteiger partial charge >= 0.3 is 13.2 Å². The lowest BCUT2D eigenvalue weighted by Gasteiger charge is -2.09. The summed E-state index contributed by atoms with van der Waals surface area (Å²) in [5.74, 6) is 0.716. The van der Waals surface area contributed by atoms with Gasteiger partial charge in [0, 0.05) is 0 Å². The molecule has 0 fully saturated rings. The molecule has 70 valence electrons. The minimum Gasteiger partial charge on any atom is -0.253 e. The predicted molar refractivity (Wildman–Crippen MR) is 62.1 cm³/mol. The van der Waals surface area contributed by atoms with E-state index in [9.17, 15) is 0 Å². The molecule has 0 aliphatic carbocycles. The maximum absolute atomic E-state index is 6.45. The number of rotatable bonds is 3. The number of hydrogen-bond acceptors (Lipinski definition) is 0. The van der Waals surface area contributed by atoms with Crippen molar-refractivity contribution < 1.29 is 0 Å².